The van der Waals surface area contributed by atoms with E-state index in [2.05, 4.69) is 34.2 Å². The van der Waals surface area contributed by atoms with Gasteiger partial charge in [0.1, 0.15) is 5.69 Å². The number of nitrogens with one attached hydrogen (secondary N) is 1. The molecule has 6 nitrogen and oxygen atoms in total. The number of carbonyl (C=O) groups excluding carboxylic acids is 1. The SMILES string of the molecule is CN(C)C1CCN(CCNC(=O)c2csc(CCN)n2)CC1. The molecular formula is C15H27N5OS. The predicted octanol–water partition coefficient (Wildman–Crippen LogP) is 0.400. The van der Waals surface area contributed by atoms with Crippen LogP contribution in [-0.4, -0.2) is 73.6 Å². The Hall–Kier alpha value is -1.02. The highest BCUT2D eigenvalue weighted by atomic mass is 32.1. The average molecular weight is 325 g/mol. The normalized spacial score (nSPS) is 17.1. The van der Waals surface area contributed by atoms with Gasteiger partial charge in [-0.2, -0.15) is 0 Å². The second-order valence-corrected chi connectivity index (χ2v) is 6.90. The van der Waals surface area contributed by atoms with Gasteiger partial charge in [0.05, 0.1) is 5.01 Å². The van der Waals surface area contributed by atoms with Gasteiger partial charge in [-0.1, -0.05) is 0 Å². The van der Waals surface area contributed by atoms with E-state index in [1.807, 2.05) is 5.38 Å². The summed E-state index contributed by atoms with van der Waals surface area (Å²) in [6, 6.07) is 0.696. The van der Waals surface area contributed by atoms with Crippen LogP contribution in [-0.2, 0) is 6.42 Å². The Labute approximate surface area is 136 Å². The summed E-state index contributed by atoms with van der Waals surface area (Å²) >= 11 is 1.50. The Morgan fingerprint density at radius 3 is 2.86 bits per heavy atom. The van der Waals surface area contributed by atoms with Crippen molar-refractivity contribution in [2.75, 3.05) is 46.8 Å². The average Bonchev–Trinajstić information content (AvgIpc) is 2.97. The molecule has 1 aliphatic heterocycles. The van der Waals surface area contributed by atoms with Crippen molar-refractivity contribution in [3.05, 3.63) is 16.1 Å². The zero-order valence-electron chi connectivity index (χ0n) is 13.5. The summed E-state index contributed by atoms with van der Waals surface area (Å²) in [7, 11) is 4.29. The van der Waals surface area contributed by atoms with E-state index in [0.717, 1.165) is 31.1 Å². The van der Waals surface area contributed by atoms with Crippen LogP contribution in [0.2, 0.25) is 0 Å². The molecule has 1 aromatic heterocycles. The molecule has 124 valence electrons. The van der Waals surface area contributed by atoms with Crippen LogP contribution in [0.5, 0.6) is 0 Å². The van der Waals surface area contributed by atoms with Crippen molar-refractivity contribution in [1.29, 1.82) is 0 Å². The Morgan fingerprint density at radius 1 is 1.50 bits per heavy atom. The Morgan fingerprint density at radius 2 is 2.23 bits per heavy atom. The molecule has 1 saturated heterocycles. The third kappa shape index (κ3) is 5.01. The quantitative estimate of drug-likeness (QED) is 0.759. The van der Waals surface area contributed by atoms with Crippen LogP contribution in [0.3, 0.4) is 0 Å². The fourth-order valence-corrected chi connectivity index (χ4v) is 3.53. The van der Waals surface area contributed by atoms with Crippen LogP contribution < -0.4 is 11.1 Å². The monoisotopic (exact) mass is 325 g/mol. The number of thiazole rings is 1. The molecular weight excluding hydrogens is 298 g/mol. The second kappa shape index (κ2) is 8.57. The molecule has 3 N–H and O–H groups in total. The minimum Gasteiger partial charge on any atom is -0.349 e. The number of hydrogen-bond donors (Lipinski definition) is 2. The number of rotatable bonds is 7. The molecule has 7 heteroatoms. The third-order valence-electron chi connectivity index (χ3n) is 4.14. The molecule has 0 atom stereocenters. The van der Waals surface area contributed by atoms with E-state index in [9.17, 15) is 4.79 Å². The van der Waals surface area contributed by atoms with Crippen molar-refractivity contribution in [2.24, 2.45) is 5.73 Å². The molecule has 0 aromatic carbocycles. The van der Waals surface area contributed by atoms with E-state index in [4.69, 9.17) is 5.73 Å². The van der Waals surface area contributed by atoms with Crippen molar-refractivity contribution in [3.63, 3.8) is 0 Å². The number of amides is 1. The summed E-state index contributed by atoms with van der Waals surface area (Å²) in [6.45, 7) is 4.37. The number of piperidine rings is 1. The van der Waals surface area contributed by atoms with E-state index in [1.165, 1.54) is 24.2 Å². The van der Waals surface area contributed by atoms with Crippen LogP contribution >= 0.6 is 11.3 Å². The topological polar surface area (TPSA) is 74.5 Å². The highest BCUT2D eigenvalue weighted by Gasteiger charge is 2.20. The summed E-state index contributed by atoms with van der Waals surface area (Å²) in [5.41, 5.74) is 6.01. The molecule has 2 rings (SSSR count). The van der Waals surface area contributed by atoms with Crippen LogP contribution in [0.4, 0.5) is 0 Å². The maximum absolute atomic E-state index is 12.0. The largest absolute Gasteiger partial charge is 0.349 e. The van der Waals surface area contributed by atoms with E-state index in [1.54, 1.807) is 0 Å². The zero-order chi connectivity index (χ0) is 15.9. The Bertz CT molecular complexity index is 468. The van der Waals surface area contributed by atoms with Crippen molar-refractivity contribution < 1.29 is 4.79 Å². The van der Waals surface area contributed by atoms with Crippen molar-refractivity contribution in [1.82, 2.24) is 20.1 Å². The second-order valence-electron chi connectivity index (χ2n) is 5.96. The van der Waals surface area contributed by atoms with E-state index < -0.39 is 0 Å². The predicted molar refractivity (Wildman–Crippen MR) is 90.4 cm³/mol. The molecule has 1 amide bonds. The lowest BCUT2D eigenvalue weighted by Gasteiger charge is -2.35. The summed E-state index contributed by atoms with van der Waals surface area (Å²) in [6.07, 6.45) is 3.14. The highest BCUT2D eigenvalue weighted by molar-refractivity contribution is 7.09. The molecule has 0 spiro atoms. The molecule has 0 aliphatic carbocycles. The van der Waals surface area contributed by atoms with Gasteiger partial charge in [0.2, 0.25) is 0 Å². The fourth-order valence-electron chi connectivity index (χ4n) is 2.73. The first-order chi connectivity index (χ1) is 10.6. The lowest BCUT2D eigenvalue weighted by Crippen LogP contribution is -2.44. The first kappa shape index (κ1) is 17.3. The van der Waals surface area contributed by atoms with Gasteiger partial charge in [0.15, 0.2) is 0 Å². The van der Waals surface area contributed by atoms with Crippen molar-refractivity contribution >= 4 is 17.2 Å². The first-order valence-electron chi connectivity index (χ1n) is 7.91. The van der Waals surface area contributed by atoms with Gasteiger partial charge in [0.25, 0.3) is 5.91 Å². The first-order valence-corrected chi connectivity index (χ1v) is 8.79. The van der Waals surface area contributed by atoms with E-state index in [-0.39, 0.29) is 5.91 Å². The Balaban J connectivity index is 1.67. The molecule has 0 radical (unpaired) electrons. The number of likely N-dealkylation sites (tertiary alicyclic amines) is 1. The minimum atomic E-state index is -0.0808. The van der Waals surface area contributed by atoms with Crippen LogP contribution in [0, 0.1) is 0 Å². The number of nitrogens with zero attached hydrogens (tertiary/aromatic N) is 3. The summed E-state index contributed by atoms with van der Waals surface area (Å²) in [5.74, 6) is -0.0808. The highest BCUT2D eigenvalue weighted by Crippen LogP contribution is 2.13. The maximum Gasteiger partial charge on any atom is 0.270 e. The molecule has 0 bridgehead atoms. The molecule has 0 unspecified atom stereocenters. The molecule has 22 heavy (non-hydrogen) atoms. The van der Waals surface area contributed by atoms with Gasteiger partial charge < -0.3 is 20.9 Å². The molecule has 1 aromatic rings. The van der Waals surface area contributed by atoms with Crippen LogP contribution in [0.15, 0.2) is 5.38 Å². The van der Waals surface area contributed by atoms with Gasteiger partial charge in [0, 0.05) is 30.9 Å². The van der Waals surface area contributed by atoms with Gasteiger partial charge in [-0.25, -0.2) is 4.98 Å². The van der Waals surface area contributed by atoms with Crippen LogP contribution in [0.1, 0.15) is 28.3 Å². The summed E-state index contributed by atoms with van der Waals surface area (Å²) in [5, 5.41) is 5.70. The number of hydrogen-bond acceptors (Lipinski definition) is 6. The Kier molecular flexibility index (Phi) is 6.75. The number of nitrogens with two attached hydrogens (primary N) is 1. The minimum absolute atomic E-state index is 0.0808. The number of aromatic nitrogens is 1. The molecule has 2 heterocycles. The summed E-state index contributed by atoms with van der Waals surface area (Å²) in [4.78, 5) is 21.0. The number of carbonyl (C=O) groups is 1. The fraction of sp³-hybridized carbons (Fsp3) is 0.733. The maximum atomic E-state index is 12.0. The summed E-state index contributed by atoms with van der Waals surface area (Å²) < 4.78 is 0. The zero-order valence-corrected chi connectivity index (χ0v) is 14.4. The molecule has 0 saturated carbocycles. The lowest BCUT2D eigenvalue weighted by molar-refractivity contribution is 0.0936. The van der Waals surface area contributed by atoms with E-state index >= 15 is 0 Å². The van der Waals surface area contributed by atoms with Gasteiger partial charge >= 0.3 is 0 Å². The van der Waals surface area contributed by atoms with Gasteiger partial charge in [-0.15, -0.1) is 11.3 Å². The lowest BCUT2D eigenvalue weighted by atomic mass is 10.0. The smallest absolute Gasteiger partial charge is 0.270 e. The van der Waals surface area contributed by atoms with Crippen LogP contribution in [0.25, 0.3) is 0 Å². The van der Waals surface area contributed by atoms with Crippen molar-refractivity contribution in [3.8, 4) is 0 Å². The van der Waals surface area contributed by atoms with Gasteiger partial charge in [-0.3, -0.25) is 4.79 Å². The molecule has 1 fully saturated rings. The standard InChI is InChI=1S/C15H27N5OS/c1-19(2)12-4-8-20(9-5-12)10-7-17-15(21)13-11-22-14(18-13)3-6-16/h11-12H,3-10,16H2,1-2H3,(H,17,21). The van der Waals surface area contributed by atoms with E-state index in [0.29, 0.717) is 24.8 Å². The van der Waals surface area contributed by atoms with Gasteiger partial charge in [-0.05, 0) is 46.6 Å². The van der Waals surface area contributed by atoms with Crippen molar-refractivity contribution in [2.45, 2.75) is 25.3 Å². The molecule has 1 aliphatic rings. The third-order valence-corrected chi connectivity index (χ3v) is 5.05.